The maximum Gasteiger partial charge on any atom is 0.253 e. The molecule has 0 amide bonds. The second-order valence-corrected chi connectivity index (χ2v) is 5.33. The fourth-order valence-electron chi connectivity index (χ4n) is 1.72. The van der Waals surface area contributed by atoms with Crippen molar-refractivity contribution < 1.29 is 67.8 Å². The predicted molar refractivity (Wildman–Crippen MR) is 89.6 cm³/mol. The smallest absolute Gasteiger partial charge is 0.253 e. The van der Waals surface area contributed by atoms with E-state index in [4.69, 9.17) is 33.9 Å². The Hall–Kier alpha value is -2.30. The van der Waals surface area contributed by atoms with Gasteiger partial charge in [0, 0.05) is 0 Å². The second-order valence-electron chi connectivity index (χ2n) is 5.33. The van der Waals surface area contributed by atoms with Crippen molar-refractivity contribution in [3.63, 3.8) is 0 Å². The van der Waals surface area contributed by atoms with Gasteiger partial charge in [-0.3, -0.25) is 14.4 Å². The summed E-state index contributed by atoms with van der Waals surface area (Å²) in [5.41, 5.74) is 0. The van der Waals surface area contributed by atoms with Gasteiger partial charge in [0.2, 0.25) is 12.6 Å². The van der Waals surface area contributed by atoms with Gasteiger partial charge >= 0.3 is 0 Å². The first-order chi connectivity index (χ1) is 14.4. The summed E-state index contributed by atoms with van der Waals surface area (Å²) >= 11 is 0. The Balaban J connectivity index is 5.06. The average Bonchev–Trinajstić information content (AvgIpc) is 2.80. The van der Waals surface area contributed by atoms with Gasteiger partial charge in [-0.15, -0.1) is 0 Å². The van der Waals surface area contributed by atoms with Gasteiger partial charge in [-0.05, 0) is 0 Å². The molecular formula is C16H22O14. The number of hydrogen-bond donors (Lipinski definition) is 3. The minimum absolute atomic E-state index is 0.0233. The third-order valence-corrected chi connectivity index (χ3v) is 3.15. The molecule has 6 unspecified atom stereocenters. The standard InChI is InChI=1S/C16H22O14/c17-1-11(2-18)27-14(6-22)26-8-13(5-21)28-15(7-23)30-16(9-24,10-25)29-12(3-19)4-20/h1,3,5-7,9,11-15,18,20,25H,2,4,8,10H2. The third kappa shape index (κ3) is 9.47. The fourth-order valence-corrected chi connectivity index (χ4v) is 1.72. The van der Waals surface area contributed by atoms with Gasteiger partial charge in [0.1, 0.15) is 24.9 Å². The molecule has 0 fully saturated rings. The van der Waals surface area contributed by atoms with Crippen LogP contribution in [0.1, 0.15) is 0 Å². The Morgan fingerprint density at radius 3 is 1.60 bits per heavy atom. The number of aliphatic hydroxyl groups is 3. The average molecular weight is 438 g/mol. The largest absolute Gasteiger partial charge is 0.393 e. The van der Waals surface area contributed by atoms with Crippen molar-refractivity contribution in [3.05, 3.63) is 0 Å². The molecule has 0 rings (SSSR count). The van der Waals surface area contributed by atoms with Crippen LogP contribution in [0.4, 0.5) is 0 Å². The summed E-state index contributed by atoms with van der Waals surface area (Å²) < 4.78 is 24.3. The van der Waals surface area contributed by atoms with E-state index in [9.17, 15) is 33.9 Å². The summed E-state index contributed by atoms with van der Waals surface area (Å²) in [6, 6.07) is 0. The van der Waals surface area contributed by atoms with Crippen molar-refractivity contribution in [1.29, 1.82) is 0 Å². The van der Waals surface area contributed by atoms with Crippen LogP contribution in [-0.4, -0.2) is 116 Å². The third-order valence-electron chi connectivity index (χ3n) is 3.15. The molecule has 3 N–H and O–H groups in total. The highest BCUT2D eigenvalue weighted by Crippen LogP contribution is 2.16. The van der Waals surface area contributed by atoms with Crippen molar-refractivity contribution in [2.45, 2.75) is 36.7 Å². The molecule has 0 heterocycles. The maximum absolute atomic E-state index is 11.3. The van der Waals surface area contributed by atoms with E-state index in [2.05, 4.69) is 0 Å². The van der Waals surface area contributed by atoms with Gasteiger partial charge in [-0.25, -0.2) is 0 Å². The van der Waals surface area contributed by atoms with E-state index in [-0.39, 0.29) is 37.7 Å². The molecule has 0 aliphatic rings. The van der Waals surface area contributed by atoms with E-state index in [1.54, 1.807) is 0 Å². The van der Waals surface area contributed by atoms with Gasteiger partial charge in [-0.1, -0.05) is 0 Å². The van der Waals surface area contributed by atoms with Crippen molar-refractivity contribution in [3.8, 4) is 0 Å². The maximum atomic E-state index is 11.3. The van der Waals surface area contributed by atoms with Crippen LogP contribution in [0.5, 0.6) is 0 Å². The van der Waals surface area contributed by atoms with Crippen LogP contribution in [0.2, 0.25) is 0 Å². The predicted octanol–water partition coefficient (Wildman–Crippen LogP) is -4.31. The molecule has 0 saturated heterocycles. The summed E-state index contributed by atoms with van der Waals surface area (Å²) in [6.07, 6.45) is -7.74. The molecule has 170 valence electrons. The number of rotatable bonds is 20. The molecule has 30 heavy (non-hydrogen) atoms. The number of carbonyl (C=O) groups excluding carboxylic acids is 6. The highest BCUT2D eigenvalue weighted by atomic mass is 16.8. The first-order valence-electron chi connectivity index (χ1n) is 8.24. The summed E-state index contributed by atoms with van der Waals surface area (Å²) in [5.74, 6) is -2.58. The first-order valence-corrected chi connectivity index (χ1v) is 8.24. The van der Waals surface area contributed by atoms with Crippen molar-refractivity contribution in [2.75, 3.05) is 26.4 Å². The summed E-state index contributed by atoms with van der Waals surface area (Å²) in [5, 5.41) is 27.1. The highest BCUT2D eigenvalue weighted by Gasteiger charge is 2.38. The molecule has 0 aromatic heterocycles. The zero-order valence-corrected chi connectivity index (χ0v) is 15.5. The van der Waals surface area contributed by atoms with Crippen molar-refractivity contribution in [1.82, 2.24) is 0 Å². The Bertz CT molecular complexity index is 554. The monoisotopic (exact) mass is 438 g/mol. The number of aliphatic hydroxyl groups excluding tert-OH is 3. The van der Waals surface area contributed by atoms with E-state index >= 15 is 0 Å². The topological polar surface area (TPSA) is 209 Å². The Morgan fingerprint density at radius 1 is 0.667 bits per heavy atom. The van der Waals surface area contributed by atoms with Gasteiger partial charge < -0.3 is 53.4 Å². The normalized spacial score (nSPS) is 18.1. The van der Waals surface area contributed by atoms with Crippen LogP contribution in [0.3, 0.4) is 0 Å². The van der Waals surface area contributed by atoms with E-state index < -0.39 is 63.1 Å². The first kappa shape index (κ1) is 27.7. The minimum atomic E-state index is -2.58. The van der Waals surface area contributed by atoms with E-state index in [0.29, 0.717) is 0 Å². The molecule has 0 aromatic carbocycles. The quantitative estimate of drug-likeness (QED) is 0.121. The molecule has 0 radical (unpaired) electrons. The molecule has 14 nitrogen and oxygen atoms in total. The van der Waals surface area contributed by atoms with Gasteiger partial charge in [0.15, 0.2) is 37.7 Å². The number of aldehydes is 6. The van der Waals surface area contributed by atoms with Crippen LogP contribution < -0.4 is 0 Å². The SMILES string of the molecule is O=CC(CO)OC(C=O)OCC(C=O)OC(C=O)OC(C=O)(CO)OC(C=O)CO. The van der Waals surface area contributed by atoms with Crippen LogP contribution in [-0.2, 0) is 52.5 Å². The Kier molecular flexibility index (Phi) is 14.3. The zero-order chi connectivity index (χ0) is 23.0. The molecule has 0 saturated carbocycles. The lowest BCUT2D eigenvalue weighted by Crippen LogP contribution is -2.50. The van der Waals surface area contributed by atoms with Crippen molar-refractivity contribution >= 4 is 37.7 Å². The lowest BCUT2D eigenvalue weighted by atomic mass is 10.3. The summed E-state index contributed by atoms with van der Waals surface area (Å²) in [6.45, 7) is -3.50. The van der Waals surface area contributed by atoms with Gasteiger partial charge in [-0.2, -0.15) is 0 Å². The molecule has 0 spiro atoms. The van der Waals surface area contributed by atoms with E-state index in [1.165, 1.54) is 0 Å². The number of ether oxygens (including phenoxy) is 5. The Labute approximate surface area is 169 Å². The van der Waals surface area contributed by atoms with Gasteiger partial charge in [0.25, 0.3) is 5.79 Å². The van der Waals surface area contributed by atoms with Crippen LogP contribution >= 0.6 is 0 Å². The lowest BCUT2D eigenvalue weighted by molar-refractivity contribution is -0.303. The zero-order valence-electron chi connectivity index (χ0n) is 15.5. The molecule has 14 heteroatoms. The minimum Gasteiger partial charge on any atom is -0.393 e. The molecule has 6 atom stereocenters. The highest BCUT2D eigenvalue weighted by molar-refractivity contribution is 5.64. The van der Waals surface area contributed by atoms with E-state index in [0.717, 1.165) is 0 Å². The molecule has 0 aliphatic carbocycles. The number of carbonyl (C=O) groups is 6. The van der Waals surface area contributed by atoms with Gasteiger partial charge in [0.05, 0.1) is 19.8 Å². The van der Waals surface area contributed by atoms with Crippen LogP contribution in [0.25, 0.3) is 0 Å². The molecule has 0 aromatic rings. The molecule has 0 bridgehead atoms. The molecular weight excluding hydrogens is 416 g/mol. The van der Waals surface area contributed by atoms with Crippen molar-refractivity contribution in [2.24, 2.45) is 0 Å². The van der Waals surface area contributed by atoms with E-state index in [1.807, 2.05) is 0 Å². The van der Waals surface area contributed by atoms with Crippen LogP contribution in [0, 0.1) is 0 Å². The van der Waals surface area contributed by atoms with Crippen LogP contribution in [0.15, 0.2) is 0 Å². The second kappa shape index (κ2) is 15.5. The summed E-state index contributed by atoms with van der Waals surface area (Å²) in [4.78, 5) is 65.8. The summed E-state index contributed by atoms with van der Waals surface area (Å²) in [7, 11) is 0. The number of hydrogen-bond acceptors (Lipinski definition) is 14. The molecule has 0 aliphatic heterocycles. The Morgan fingerprint density at radius 2 is 1.20 bits per heavy atom. The lowest BCUT2D eigenvalue weighted by Gasteiger charge is -2.31. The fraction of sp³-hybridized carbons (Fsp3) is 0.625.